The van der Waals surface area contributed by atoms with Crippen LogP contribution in [0.2, 0.25) is 0 Å². The van der Waals surface area contributed by atoms with Crippen molar-refractivity contribution in [2.75, 3.05) is 10.6 Å². The van der Waals surface area contributed by atoms with Crippen LogP contribution in [-0.4, -0.2) is 23.6 Å². The van der Waals surface area contributed by atoms with E-state index in [1.54, 1.807) is 36.4 Å². The van der Waals surface area contributed by atoms with Gasteiger partial charge in [-0.25, -0.2) is 0 Å². The minimum Gasteiger partial charge on any atom is -0.322 e. The van der Waals surface area contributed by atoms with Gasteiger partial charge in [-0.15, -0.1) is 0 Å². The Morgan fingerprint density at radius 3 is 1.23 bits per heavy atom. The zero-order chi connectivity index (χ0) is 28.5. The Balaban J connectivity index is 1.63. The summed E-state index contributed by atoms with van der Waals surface area (Å²) in [6.45, 7) is 2.67. The number of rotatable bonds is 8. The molecule has 4 N–H and O–H groups in total. The van der Waals surface area contributed by atoms with E-state index in [0.717, 1.165) is 11.1 Å². The fourth-order valence-corrected chi connectivity index (χ4v) is 4.04. The molecule has 0 saturated heterocycles. The molecule has 0 unspecified atom stereocenters. The number of amides is 4. The van der Waals surface area contributed by atoms with Crippen LogP contribution in [0.5, 0.6) is 0 Å². The zero-order valence-corrected chi connectivity index (χ0v) is 22.0. The predicted octanol–water partition coefficient (Wildman–Crippen LogP) is 5.07. The van der Waals surface area contributed by atoms with Gasteiger partial charge in [0.25, 0.3) is 11.8 Å². The van der Waals surface area contributed by atoms with Crippen LogP contribution in [0.1, 0.15) is 25.0 Å². The summed E-state index contributed by atoms with van der Waals surface area (Å²) in [5.41, 5.74) is 2.66. The first-order valence-electron chi connectivity index (χ1n) is 12.5. The third kappa shape index (κ3) is 7.29. The van der Waals surface area contributed by atoms with E-state index in [9.17, 15) is 19.2 Å². The third-order valence-corrected chi connectivity index (χ3v) is 5.75. The number of fused-ring (bicyclic) bond motifs is 1. The molecule has 4 rings (SSSR count). The predicted molar refractivity (Wildman–Crippen MR) is 158 cm³/mol. The van der Waals surface area contributed by atoms with E-state index in [-0.39, 0.29) is 23.2 Å². The lowest BCUT2D eigenvalue weighted by Gasteiger charge is -2.15. The summed E-state index contributed by atoms with van der Waals surface area (Å²) in [5.74, 6) is -1.75. The van der Waals surface area contributed by atoms with Crippen molar-refractivity contribution in [2.24, 2.45) is 0 Å². The summed E-state index contributed by atoms with van der Waals surface area (Å²) in [4.78, 5) is 50.0. The molecule has 4 aromatic carbocycles. The quantitative estimate of drug-likeness (QED) is 0.237. The molecule has 0 bridgehead atoms. The number of carbonyl (C=O) groups excluding carboxylic acids is 4. The number of anilines is 2. The molecule has 40 heavy (non-hydrogen) atoms. The fraction of sp³-hybridized carbons (Fsp3) is 0.0625. The van der Waals surface area contributed by atoms with Crippen molar-refractivity contribution >= 4 is 57.9 Å². The Kier molecular flexibility index (Phi) is 8.84. The molecule has 8 heteroatoms. The first-order chi connectivity index (χ1) is 19.3. The molecule has 0 aliphatic carbocycles. The molecular weight excluding hydrogens is 504 g/mol. The summed E-state index contributed by atoms with van der Waals surface area (Å²) in [6, 6.07) is 28.9. The Hall–Kier alpha value is -5.50. The number of nitrogens with one attached hydrogen (secondary N) is 4. The number of benzene rings is 4. The number of hydrogen-bond donors (Lipinski definition) is 4. The summed E-state index contributed by atoms with van der Waals surface area (Å²) < 4.78 is 0. The maximum absolute atomic E-state index is 13.2. The Bertz CT molecular complexity index is 1500. The van der Waals surface area contributed by atoms with Gasteiger partial charge < -0.3 is 21.3 Å². The minimum absolute atomic E-state index is 0.0890. The molecule has 0 aromatic heterocycles. The second-order valence-electron chi connectivity index (χ2n) is 8.91. The average molecular weight is 533 g/mol. The highest BCUT2D eigenvalue weighted by Gasteiger charge is 2.16. The molecule has 4 aromatic rings. The van der Waals surface area contributed by atoms with E-state index in [4.69, 9.17) is 0 Å². The van der Waals surface area contributed by atoms with E-state index in [1.165, 1.54) is 13.8 Å². The molecule has 0 aliphatic heterocycles. The van der Waals surface area contributed by atoms with Crippen molar-refractivity contribution < 1.29 is 19.2 Å². The molecule has 8 nitrogen and oxygen atoms in total. The number of hydrogen-bond acceptors (Lipinski definition) is 4. The van der Waals surface area contributed by atoms with E-state index in [2.05, 4.69) is 21.3 Å². The standard InChI is InChI=1S/C32H28N4O4/c1-21(37)33-29(19-23-11-5-3-6-12-23)31(39)35-27-17-9-16-26-25(27)15-10-18-28(26)36-32(40)30(34-22(2)38)20-24-13-7-4-8-14-24/h3-20H,1-2H3,(H,33,37)(H,34,38)(H,35,39)(H,36,40). The highest BCUT2D eigenvalue weighted by molar-refractivity contribution is 6.16. The van der Waals surface area contributed by atoms with Crippen LogP contribution in [0.3, 0.4) is 0 Å². The van der Waals surface area contributed by atoms with Crippen molar-refractivity contribution in [1.82, 2.24) is 10.6 Å². The van der Waals surface area contributed by atoms with E-state index in [1.807, 2.05) is 72.8 Å². The lowest BCUT2D eigenvalue weighted by Crippen LogP contribution is -2.29. The third-order valence-electron chi connectivity index (χ3n) is 5.75. The first kappa shape index (κ1) is 27.5. The van der Waals surface area contributed by atoms with Gasteiger partial charge in [-0.05, 0) is 35.4 Å². The normalized spacial score (nSPS) is 11.4. The van der Waals surface area contributed by atoms with Gasteiger partial charge in [-0.2, -0.15) is 0 Å². The summed E-state index contributed by atoms with van der Waals surface area (Å²) in [7, 11) is 0. The van der Waals surface area contributed by atoms with Gasteiger partial charge in [-0.3, -0.25) is 19.2 Å². The van der Waals surface area contributed by atoms with Crippen LogP contribution in [0, 0.1) is 0 Å². The molecule has 0 saturated carbocycles. The smallest absolute Gasteiger partial charge is 0.272 e. The summed E-state index contributed by atoms with van der Waals surface area (Å²) in [6.07, 6.45) is 3.19. The Morgan fingerprint density at radius 1 is 0.500 bits per heavy atom. The molecule has 0 spiro atoms. The molecular formula is C32H28N4O4. The summed E-state index contributed by atoms with van der Waals surface area (Å²) >= 11 is 0. The van der Waals surface area contributed by atoms with Gasteiger partial charge in [0.15, 0.2) is 0 Å². The van der Waals surface area contributed by atoms with Crippen molar-refractivity contribution in [3.8, 4) is 0 Å². The lowest BCUT2D eigenvalue weighted by atomic mass is 10.1. The van der Waals surface area contributed by atoms with E-state index < -0.39 is 11.8 Å². The monoisotopic (exact) mass is 532 g/mol. The van der Waals surface area contributed by atoms with Gasteiger partial charge in [0.1, 0.15) is 11.4 Å². The summed E-state index contributed by atoms with van der Waals surface area (Å²) in [5, 5.41) is 12.3. The second-order valence-corrected chi connectivity index (χ2v) is 8.91. The molecule has 0 heterocycles. The molecule has 4 amide bonds. The van der Waals surface area contributed by atoms with Gasteiger partial charge >= 0.3 is 0 Å². The molecule has 0 fully saturated rings. The topological polar surface area (TPSA) is 116 Å². The fourth-order valence-electron chi connectivity index (χ4n) is 4.04. The van der Waals surface area contributed by atoms with Gasteiger partial charge in [0.2, 0.25) is 11.8 Å². The zero-order valence-electron chi connectivity index (χ0n) is 22.0. The molecule has 0 aliphatic rings. The van der Waals surface area contributed by atoms with Crippen LogP contribution in [0.15, 0.2) is 108 Å². The SMILES string of the molecule is CC(=O)NC(=Cc1ccccc1)C(=O)Nc1cccc2c(NC(=O)C(=Cc3ccccc3)NC(C)=O)cccc12. The number of carbonyl (C=O) groups is 4. The maximum Gasteiger partial charge on any atom is 0.272 e. The molecule has 0 radical (unpaired) electrons. The van der Waals surface area contributed by atoms with E-state index >= 15 is 0 Å². The Labute approximate surface area is 231 Å². The largest absolute Gasteiger partial charge is 0.322 e. The molecule has 0 atom stereocenters. The van der Waals surface area contributed by atoms with Crippen LogP contribution in [0.4, 0.5) is 11.4 Å². The van der Waals surface area contributed by atoms with Crippen LogP contribution in [0.25, 0.3) is 22.9 Å². The molecule has 200 valence electrons. The lowest BCUT2D eigenvalue weighted by molar-refractivity contribution is -0.120. The van der Waals surface area contributed by atoms with Crippen molar-refractivity contribution in [2.45, 2.75) is 13.8 Å². The maximum atomic E-state index is 13.2. The van der Waals surface area contributed by atoms with Gasteiger partial charge in [-0.1, -0.05) is 84.9 Å². The van der Waals surface area contributed by atoms with Crippen molar-refractivity contribution in [3.05, 3.63) is 120 Å². The second kappa shape index (κ2) is 12.8. The average Bonchev–Trinajstić information content (AvgIpc) is 2.93. The van der Waals surface area contributed by atoms with Crippen LogP contribution in [-0.2, 0) is 19.2 Å². The van der Waals surface area contributed by atoms with Crippen LogP contribution >= 0.6 is 0 Å². The van der Waals surface area contributed by atoms with Crippen molar-refractivity contribution in [1.29, 1.82) is 0 Å². The van der Waals surface area contributed by atoms with Gasteiger partial charge in [0.05, 0.1) is 0 Å². The minimum atomic E-state index is -0.500. The van der Waals surface area contributed by atoms with Crippen molar-refractivity contribution in [3.63, 3.8) is 0 Å². The van der Waals surface area contributed by atoms with Crippen LogP contribution < -0.4 is 21.3 Å². The van der Waals surface area contributed by atoms with Gasteiger partial charge in [0, 0.05) is 36.0 Å². The highest BCUT2D eigenvalue weighted by atomic mass is 16.2. The van der Waals surface area contributed by atoms with E-state index in [0.29, 0.717) is 22.1 Å². The first-order valence-corrected chi connectivity index (χ1v) is 12.5. The highest BCUT2D eigenvalue weighted by Crippen LogP contribution is 2.30. The Morgan fingerprint density at radius 2 is 0.875 bits per heavy atom.